The van der Waals surface area contributed by atoms with Crippen LogP contribution in [0.3, 0.4) is 0 Å². The van der Waals surface area contributed by atoms with E-state index < -0.39 is 21.8 Å². The third-order valence-corrected chi connectivity index (χ3v) is 7.46. The van der Waals surface area contributed by atoms with Gasteiger partial charge < -0.3 is 0 Å². The minimum Gasteiger partial charge on any atom is -0.268 e. The number of aromatic nitrogens is 1. The number of fused-ring (bicyclic) bond motifs is 2. The van der Waals surface area contributed by atoms with Gasteiger partial charge in [-0.1, -0.05) is 36.4 Å². The second-order valence-electron chi connectivity index (χ2n) is 8.00. The van der Waals surface area contributed by atoms with Gasteiger partial charge in [0.15, 0.2) is 0 Å². The van der Waals surface area contributed by atoms with Crippen molar-refractivity contribution in [2.45, 2.75) is 36.7 Å². The van der Waals surface area contributed by atoms with Crippen LogP contribution in [-0.4, -0.2) is 30.1 Å². The van der Waals surface area contributed by atoms with Gasteiger partial charge in [0.05, 0.1) is 17.0 Å². The van der Waals surface area contributed by atoms with Gasteiger partial charge in [0.2, 0.25) is 10.0 Å². The fourth-order valence-corrected chi connectivity index (χ4v) is 5.60. The number of benzene rings is 2. The molecule has 7 nitrogen and oxygen atoms in total. The van der Waals surface area contributed by atoms with Gasteiger partial charge in [-0.25, -0.2) is 13.1 Å². The van der Waals surface area contributed by atoms with Crippen LogP contribution < -0.4 is 4.72 Å². The molecule has 2 aromatic carbocycles. The van der Waals surface area contributed by atoms with Crippen LogP contribution in [0.2, 0.25) is 0 Å². The number of sulfonamides is 1. The van der Waals surface area contributed by atoms with Gasteiger partial charge in [0.1, 0.15) is 5.69 Å². The molecule has 1 N–H and O–H groups in total. The van der Waals surface area contributed by atoms with Crippen molar-refractivity contribution in [2.75, 3.05) is 0 Å². The fourth-order valence-electron chi connectivity index (χ4n) is 4.35. The largest absolute Gasteiger partial charge is 0.280 e. The summed E-state index contributed by atoms with van der Waals surface area (Å²) >= 11 is 0. The Hall–Kier alpha value is -3.36. The number of nitrogens with zero attached hydrogens (tertiary/aromatic N) is 2. The maximum absolute atomic E-state index is 13.0. The lowest BCUT2D eigenvalue weighted by molar-refractivity contribution is 0.0640. The van der Waals surface area contributed by atoms with Crippen molar-refractivity contribution in [3.8, 4) is 0 Å². The fraction of sp³-hybridized carbons (Fsp3) is 0.208. The van der Waals surface area contributed by atoms with E-state index in [-0.39, 0.29) is 28.7 Å². The van der Waals surface area contributed by atoms with Gasteiger partial charge in [-0.05, 0) is 60.2 Å². The number of pyridine rings is 1. The standard InChI is InChI=1S/C24H21N3O4S/c28-23-20-8-4-14-25-22(20)24(29)27(23)15-16-10-12-18(13-11-16)32(30,31)26-21-9-3-6-17-5-1-2-7-19(17)21/h1-2,4-5,7-8,10-14,21,26H,3,6,9,15H2. The van der Waals surface area contributed by atoms with Gasteiger partial charge >= 0.3 is 0 Å². The topological polar surface area (TPSA) is 96.4 Å². The van der Waals surface area contributed by atoms with Crippen LogP contribution in [0.15, 0.2) is 71.8 Å². The quantitative estimate of drug-likeness (QED) is 0.606. The molecule has 2 heterocycles. The summed E-state index contributed by atoms with van der Waals surface area (Å²) in [5.41, 5.74) is 3.29. The average molecular weight is 448 g/mol. The Kier molecular flexibility index (Phi) is 5.11. The van der Waals surface area contributed by atoms with Crippen molar-refractivity contribution in [2.24, 2.45) is 0 Å². The Balaban J connectivity index is 1.32. The first-order valence-corrected chi connectivity index (χ1v) is 11.9. The number of carbonyl (C=O) groups excluding carboxylic acids is 2. The van der Waals surface area contributed by atoms with E-state index in [4.69, 9.17) is 0 Å². The zero-order valence-electron chi connectivity index (χ0n) is 17.2. The zero-order valence-corrected chi connectivity index (χ0v) is 18.0. The molecule has 32 heavy (non-hydrogen) atoms. The van der Waals surface area contributed by atoms with Crippen molar-refractivity contribution in [1.29, 1.82) is 0 Å². The zero-order chi connectivity index (χ0) is 22.3. The SMILES string of the molecule is O=C1c2cccnc2C(=O)N1Cc1ccc(S(=O)(=O)NC2CCCc3ccccc32)cc1. The molecule has 2 amide bonds. The summed E-state index contributed by atoms with van der Waals surface area (Å²) in [4.78, 5) is 30.3. The third-order valence-electron chi connectivity index (χ3n) is 5.97. The summed E-state index contributed by atoms with van der Waals surface area (Å²) in [5.74, 6) is -0.840. The van der Waals surface area contributed by atoms with E-state index in [1.54, 1.807) is 24.3 Å². The Morgan fingerprint density at radius 3 is 2.53 bits per heavy atom. The maximum atomic E-state index is 13.0. The molecule has 1 unspecified atom stereocenters. The van der Waals surface area contributed by atoms with Crippen molar-refractivity contribution in [1.82, 2.24) is 14.6 Å². The Morgan fingerprint density at radius 2 is 1.75 bits per heavy atom. The van der Waals surface area contributed by atoms with E-state index >= 15 is 0 Å². The molecule has 1 atom stereocenters. The molecule has 0 radical (unpaired) electrons. The van der Waals surface area contributed by atoms with Gasteiger partial charge in [-0.15, -0.1) is 0 Å². The second-order valence-corrected chi connectivity index (χ2v) is 9.72. The van der Waals surface area contributed by atoms with Gasteiger partial charge in [-0.2, -0.15) is 0 Å². The molecule has 3 aromatic rings. The van der Waals surface area contributed by atoms with Crippen molar-refractivity contribution in [3.05, 3.63) is 94.8 Å². The van der Waals surface area contributed by atoms with Crippen LogP contribution in [0.5, 0.6) is 0 Å². The Bertz CT molecular complexity index is 1280. The Morgan fingerprint density at radius 1 is 0.969 bits per heavy atom. The molecule has 0 fully saturated rings. The van der Waals surface area contributed by atoms with Crippen LogP contribution in [0, 0.1) is 0 Å². The monoisotopic (exact) mass is 447 g/mol. The smallest absolute Gasteiger partial charge is 0.268 e. The van der Waals surface area contributed by atoms with Crippen molar-refractivity contribution >= 4 is 21.8 Å². The van der Waals surface area contributed by atoms with E-state index in [2.05, 4.69) is 9.71 Å². The highest BCUT2D eigenvalue weighted by atomic mass is 32.2. The molecule has 0 spiro atoms. The molecule has 1 aromatic heterocycles. The number of hydrogen-bond acceptors (Lipinski definition) is 5. The summed E-state index contributed by atoms with van der Waals surface area (Å²) < 4.78 is 28.8. The highest BCUT2D eigenvalue weighted by Crippen LogP contribution is 2.31. The van der Waals surface area contributed by atoms with Crippen LogP contribution in [0.1, 0.15) is 56.4 Å². The summed E-state index contributed by atoms with van der Waals surface area (Å²) in [6.45, 7) is 0.0534. The molecule has 162 valence electrons. The lowest BCUT2D eigenvalue weighted by atomic mass is 9.88. The van der Waals surface area contributed by atoms with E-state index in [0.29, 0.717) is 5.56 Å². The number of imide groups is 1. The first-order chi connectivity index (χ1) is 15.4. The predicted octanol–water partition coefficient (Wildman–Crippen LogP) is 3.23. The number of nitrogens with one attached hydrogen (secondary N) is 1. The first-order valence-electron chi connectivity index (χ1n) is 10.4. The molecule has 0 saturated carbocycles. The third kappa shape index (κ3) is 3.61. The molecule has 1 aliphatic heterocycles. The minimum absolute atomic E-state index is 0.0534. The first kappa shape index (κ1) is 20.5. The molecular formula is C24H21N3O4S. The molecule has 0 saturated heterocycles. The van der Waals surface area contributed by atoms with Gasteiger partial charge in [0.25, 0.3) is 11.8 Å². The van der Waals surface area contributed by atoms with Gasteiger partial charge in [0, 0.05) is 12.2 Å². The van der Waals surface area contributed by atoms with E-state index in [1.807, 2.05) is 24.3 Å². The van der Waals surface area contributed by atoms with E-state index in [0.717, 1.165) is 29.7 Å². The summed E-state index contributed by atoms with van der Waals surface area (Å²) in [7, 11) is -3.72. The van der Waals surface area contributed by atoms with Crippen LogP contribution >= 0.6 is 0 Å². The number of rotatable bonds is 5. The second kappa shape index (κ2) is 7.96. The van der Waals surface area contributed by atoms with Crippen molar-refractivity contribution in [3.63, 3.8) is 0 Å². The van der Waals surface area contributed by atoms with Crippen LogP contribution in [-0.2, 0) is 23.0 Å². The highest BCUT2D eigenvalue weighted by Gasteiger charge is 2.36. The Labute approximate surface area is 186 Å². The summed E-state index contributed by atoms with van der Waals surface area (Å²) in [5, 5.41) is 0. The molecule has 5 rings (SSSR count). The molecule has 1 aliphatic carbocycles. The highest BCUT2D eigenvalue weighted by molar-refractivity contribution is 7.89. The van der Waals surface area contributed by atoms with E-state index in [1.165, 1.54) is 23.9 Å². The lowest BCUT2D eigenvalue weighted by Gasteiger charge is -2.26. The maximum Gasteiger partial charge on any atom is 0.280 e. The number of hydrogen-bond donors (Lipinski definition) is 1. The lowest BCUT2D eigenvalue weighted by Crippen LogP contribution is -2.31. The van der Waals surface area contributed by atoms with Gasteiger partial charge in [-0.3, -0.25) is 19.5 Å². The minimum atomic E-state index is -3.72. The average Bonchev–Trinajstić information content (AvgIpc) is 3.05. The number of aryl methyl sites for hydroxylation is 1. The number of carbonyl (C=O) groups is 2. The van der Waals surface area contributed by atoms with E-state index in [9.17, 15) is 18.0 Å². The number of amides is 2. The molecular weight excluding hydrogens is 426 g/mol. The normalized spacial score (nSPS) is 17.9. The predicted molar refractivity (Wildman–Crippen MR) is 117 cm³/mol. The summed E-state index contributed by atoms with van der Waals surface area (Å²) in [6, 6.07) is 17.1. The van der Waals surface area contributed by atoms with Crippen LogP contribution in [0.4, 0.5) is 0 Å². The van der Waals surface area contributed by atoms with Crippen LogP contribution in [0.25, 0.3) is 0 Å². The molecule has 2 aliphatic rings. The molecule has 8 heteroatoms. The molecule has 0 bridgehead atoms. The summed E-state index contributed by atoms with van der Waals surface area (Å²) in [6.07, 6.45) is 4.11. The van der Waals surface area contributed by atoms with Crippen molar-refractivity contribution < 1.29 is 18.0 Å².